The van der Waals surface area contributed by atoms with Crippen LogP contribution in [0.25, 0.3) is 5.65 Å². The van der Waals surface area contributed by atoms with Gasteiger partial charge in [-0.15, -0.1) is 0 Å². The second-order valence-electron chi connectivity index (χ2n) is 4.75. The van der Waals surface area contributed by atoms with E-state index >= 15 is 0 Å². The fourth-order valence-electron chi connectivity index (χ4n) is 1.92. The van der Waals surface area contributed by atoms with Crippen LogP contribution in [0.3, 0.4) is 0 Å². The van der Waals surface area contributed by atoms with E-state index in [0.717, 1.165) is 11.3 Å². The number of pyridine rings is 1. The molecule has 2 heterocycles. The highest BCUT2D eigenvalue weighted by Gasteiger charge is 2.21. The quantitative estimate of drug-likeness (QED) is 0.629. The monoisotopic (exact) mass is 243 g/mol. The molecule has 0 atom stereocenters. The van der Waals surface area contributed by atoms with E-state index in [2.05, 4.69) is 32.7 Å². The van der Waals surface area contributed by atoms with Crippen LogP contribution in [-0.2, 0) is 6.54 Å². The first kappa shape index (κ1) is 11.1. The molecule has 1 fully saturated rings. The van der Waals surface area contributed by atoms with Crippen molar-refractivity contribution in [2.75, 3.05) is 0 Å². The molecule has 1 aliphatic carbocycles. The largest absolute Gasteiger partial charge is 0.370 e. The first-order valence-electron chi connectivity index (χ1n) is 6.22. The average Bonchev–Trinajstić information content (AvgIpc) is 3.04. The van der Waals surface area contributed by atoms with Crippen LogP contribution in [0, 0.1) is 6.92 Å². The van der Waals surface area contributed by atoms with Gasteiger partial charge in [-0.25, -0.2) is 9.98 Å². The number of nitrogens with zero attached hydrogens (tertiary/aromatic N) is 3. The lowest BCUT2D eigenvalue weighted by atomic mass is 10.4. The smallest absolute Gasteiger partial charge is 0.189 e. The zero-order chi connectivity index (χ0) is 12.5. The van der Waals surface area contributed by atoms with Gasteiger partial charge in [0.15, 0.2) is 5.96 Å². The molecule has 2 aromatic rings. The van der Waals surface area contributed by atoms with Crippen molar-refractivity contribution in [3.8, 4) is 0 Å². The number of aliphatic imine (C=N–C) groups is 1. The fourth-order valence-corrected chi connectivity index (χ4v) is 1.92. The number of nitrogens with one attached hydrogen (secondary N) is 1. The minimum atomic E-state index is 0.520. The maximum atomic E-state index is 5.79. The number of hydrogen-bond acceptors (Lipinski definition) is 2. The summed E-state index contributed by atoms with van der Waals surface area (Å²) < 4.78 is 2.06. The SMILES string of the molecule is Cc1cccc2nc(CN=C(N)NC3CC3)cn12. The van der Waals surface area contributed by atoms with Crippen molar-refractivity contribution in [1.82, 2.24) is 14.7 Å². The zero-order valence-corrected chi connectivity index (χ0v) is 10.4. The summed E-state index contributed by atoms with van der Waals surface area (Å²) in [5.74, 6) is 0.520. The molecule has 0 aromatic carbocycles. The van der Waals surface area contributed by atoms with Gasteiger partial charge in [-0.1, -0.05) is 6.07 Å². The summed E-state index contributed by atoms with van der Waals surface area (Å²) in [7, 11) is 0. The molecule has 1 aliphatic rings. The Morgan fingerprint density at radius 1 is 1.56 bits per heavy atom. The first-order chi connectivity index (χ1) is 8.72. The summed E-state index contributed by atoms with van der Waals surface area (Å²) in [6.07, 6.45) is 4.41. The van der Waals surface area contributed by atoms with E-state index in [0.29, 0.717) is 18.5 Å². The second-order valence-corrected chi connectivity index (χ2v) is 4.75. The lowest BCUT2D eigenvalue weighted by Gasteiger charge is -2.01. The van der Waals surface area contributed by atoms with Crippen LogP contribution in [-0.4, -0.2) is 21.4 Å². The standard InChI is InChI=1S/C13H17N5/c1-9-3-2-4-12-16-11(8-18(9)12)7-15-13(14)17-10-5-6-10/h2-4,8,10H,5-7H2,1H3,(H3,14,15,17). The molecule has 0 radical (unpaired) electrons. The Balaban J connectivity index is 1.76. The molecule has 2 aromatic heterocycles. The van der Waals surface area contributed by atoms with Crippen molar-refractivity contribution in [2.45, 2.75) is 32.4 Å². The Bertz CT molecular complexity index is 594. The number of guanidine groups is 1. The molecule has 5 nitrogen and oxygen atoms in total. The molecule has 5 heteroatoms. The van der Waals surface area contributed by atoms with Crippen LogP contribution in [0.4, 0.5) is 0 Å². The van der Waals surface area contributed by atoms with E-state index in [4.69, 9.17) is 5.73 Å². The summed E-state index contributed by atoms with van der Waals surface area (Å²) in [4.78, 5) is 8.82. The molecule has 0 amide bonds. The van der Waals surface area contributed by atoms with E-state index in [1.54, 1.807) is 0 Å². The van der Waals surface area contributed by atoms with E-state index < -0.39 is 0 Å². The predicted molar refractivity (Wildman–Crippen MR) is 71.4 cm³/mol. The molecule has 18 heavy (non-hydrogen) atoms. The van der Waals surface area contributed by atoms with Gasteiger partial charge in [0.25, 0.3) is 0 Å². The van der Waals surface area contributed by atoms with Crippen molar-refractivity contribution in [2.24, 2.45) is 10.7 Å². The third kappa shape index (κ3) is 2.30. The van der Waals surface area contributed by atoms with Crippen molar-refractivity contribution >= 4 is 11.6 Å². The Hall–Kier alpha value is -2.04. The van der Waals surface area contributed by atoms with Gasteiger partial charge in [-0.2, -0.15) is 0 Å². The molecule has 0 spiro atoms. The number of imidazole rings is 1. The van der Waals surface area contributed by atoms with E-state index in [-0.39, 0.29) is 0 Å². The number of aryl methyl sites for hydroxylation is 1. The Morgan fingerprint density at radius 2 is 2.39 bits per heavy atom. The van der Waals surface area contributed by atoms with Gasteiger partial charge in [-0.05, 0) is 31.9 Å². The van der Waals surface area contributed by atoms with Gasteiger partial charge in [-0.3, -0.25) is 0 Å². The molecular weight excluding hydrogens is 226 g/mol. The lowest BCUT2D eigenvalue weighted by Crippen LogP contribution is -2.33. The maximum Gasteiger partial charge on any atom is 0.189 e. The zero-order valence-electron chi connectivity index (χ0n) is 10.4. The molecule has 3 N–H and O–H groups in total. The highest BCUT2D eigenvalue weighted by Crippen LogP contribution is 2.18. The molecule has 0 bridgehead atoms. The van der Waals surface area contributed by atoms with Crippen LogP contribution >= 0.6 is 0 Å². The van der Waals surface area contributed by atoms with Crippen molar-refractivity contribution in [1.29, 1.82) is 0 Å². The molecule has 3 rings (SSSR count). The fraction of sp³-hybridized carbons (Fsp3) is 0.385. The maximum absolute atomic E-state index is 5.79. The summed E-state index contributed by atoms with van der Waals surface area (Å²) in [5.41, 5.74) is 8.84. The van der Waals surface area contributed by atoms with E-state index in [1.165, 1.54) is 18.5 Å². The molecule has 0 unspecified atom stereocenters. The molecule has 94 valence electrons. The molecule has 1 saturated carbocycles. The van der Waals surface area contributed by atoms with Gasteiger partial charge in [0.05, 0.1) is 12.2 Å². The van der Waals surface area contributed by atoms with Gasteiger partial charge >= 0.3 is 0 Å². The summed E-state index contributed by atoms with van der Waals surface area (Å²) in [6.45, 7) is 2.58. The minimum Gasteiger partial charge on any atom is -0.370 e. The van der Waals surface area contributed by atoms with Crippen molar-refractivity contribution in [3.05, 3.63) is 35.8 Å². The topological polar surface area (TPSA) is 67.7 Å². The van der Waals surface area contributed by atoms with Gasteiger partial charge < -0.3 is 15.5 Å². The third-order valence-corrected chi connectivity index (χ3v) is 3.09. The van der Waals surface area contributed by atoms with Crippen LogP contribution in [0.5, 0.6) is 0 Å². The molecule has 0 saturated heterocycles. The molecule has 0 aliphatic heterocycles. The van der Waals surface area contributed by atoms with Gasteiger partial charge in [0, 0.05) is 17.9 Å². The Labute approximate surface area is 106 Å². The minimum absolute atomic E-state index is 0.520. The number of aromatic nitrogens is 2. The number of hydrogen-bond donors (Lipinski definition) is 2. The second kappa shape index (κ2) is 4.33. The summed E-state index contributed by atoms with van der Waals surface area (Å²) >= 11 is 0. The van der Waals surface area contributed by atoms with Crippen LogP contribution < -0.4 is 11.1 Å². The Morgan fingerprint density at radius 3 is 3.11 bits per heavy atom. The predicted octanol–water partition coefficient (Wildman–Crippen LogP) is 1.21. The Kier molecular flexibility index (Phi) is 2.66. The summed E-state index contributed by atoms with van der Waals surface area (Å²) in [5, 5.41) is 3.16. The van der Waals surface area contributed by atoms with Crippen molar-refractivity contribution in [3.63, 3.8) is 0 Å². The van der Waals surface area contributed by atoms with Gasteiger partial charge in [0.2, 0.25) is 0 Å². The normalized spacial score (nSPS) is 16.2. The number of fused-ring (bicyclic) bond motifs is 1. The van der Waals surface area contributed by atoms with Crippen molar-refractivity contribution < 1.29 is 0 Å². The highest BCUT2D eigenvalue weighted by atomic mass is 15.1. The van der Waals surface area contributed by atoms with Crippen LogP contribution in [0.15, 0.2) is 29.4 Å². The van der Waals surface area contributed by atoms with E-state index in [1.807, 2.05) is 18.3 Å². The third-order valence-electron chi connectivity index (χ3n) is 3.09. The average molecular weight is 243 g/mol. The highest BCUT2D eigenvalue weighted by molar-refractivity contribution is 5.78. The number of rotatable bonds is 3. The molecular formula is C13H17N5. The van der Waals surface area contributed by atoms with Crippen LogP contribution in [0.2, 0.25) is 0 Å². The lowest BCUT2D eigenvalue weighted by molar-refractivity contribution is 0.874. The number of nitrogens with two attached hydrogens (primary N) is 1. The first-order valence-corrected chi connectivity index (χ1v) is 6.22. The summed E-state index contributed by atoms with van der Waals surface area (Å²) in [6, 6.07) is 6.60. The van der Waals surface area contributed by atoms with Crippen LogP contribution in [0.1, 0.15) is 24.2 Å². The van der Waals surface area contributed by atoms with Gasteiger partial charge in [0.1, 0.15) is 5.65 Å². The van der Waals surface area contributed by atoms with E-state index in [9.17, 15) is 0 Å².